The zero-order chi connectivity index (χ0) is 14.8. The van der Waals surface area contributed by atoms with Gasteiger partial charge in [0, 0.05) is 5.69 Å². The molecule has 1 aliphatic rings. The van der Waals surface area contributed by atoms with Gasteiger partial charge in [0.1, 0.15) is 5.75 Å². The Morgan fingerprint density at radius 2 is 1.80 bits per heavy atom. The van der Waals surface area contributed by atoms with Crippen molar-refractivity contribution in [2.24, 2.45) is 0 Å². The largest absolute Gasteiger partial charge is 0.497 e. The number of benzene rings is 1. The molecule has 1 atom stereocenters. The third kappa shape index (κ3) is 2.40. The molecule has 1 aromatic rings. The van der Waals surface area contributed by atoms with Crippen molar-refractivity contribution >= 4 is 35.1 Å². The Morgan fingerprint density at radius 1 is 1.25 bits per heavy atom. The second kappa shape index (κ2) is 6.28. The molecule has 1 amide bonds. The fraction of sp³-hybridized carbons (Fsp3) is 0.500. The lowest BCUT2D eigenvalue weighted by molar-refractivity contribution is -0.134. The minimum atomic E-state index is -0.945. The predicted octanol–water partition coefficient (Wildman–Crippen LogP) is 2.56. The van der Waals surface area contributed by atoms with Crippen LogP contribution in [0, 0.1) is 0 Å². The van der Waals surface area contributed by atoms with Crippen LogP contribution in [-0.4, -0.2) is 39.9 Å². The van der Waals surface area contributed by atoms with Gasteiger partial charge in [0.15, 0.2) is 10.3 Å². The highest BCUT2D eigenvalue weighted by Crippen LogP contribution is 2.52. The second-order valence-corrected chi connectivity index (χ2v) is 7.51. The molecule has 0 aliphatic carbocycles. The molecule has 0 unspecified atom stereocenters. The van der Waals surface area contributed by atoms with Gasteiger partial charge in [-0.05, 0) is 35.8 Å². The van der Waals surface area contributed by atoms with E-state index in [4.69, 9.17) is 4.74 Å². The summed E-state index contributed by atoms with van der Waals surface area (Å²) in [6, 6.07) is 7.35. The first-order valence-electron chi connectivity index (χ1n) is 6.54. The van der Waals surface area contributed by atoms with Crippen LogP contribution in [0.2, 0.25) is 0 Å². The lowest BCUT2D eigenvalue weighted by Gasteiger charge is -2.53. The van der Waals surface area contributed by atoms with E-state index in [0.717, 1.165) is 22.9 Å². The molecule has 1 fully saturated rings. The first kappa shape index (κ1) is 15.5. The van der Waals surface area contributed by atoms with Crippen molar-refractivity contribution in [1.82, 2.24) is 0 Å². The quantitative estimate of drug-likeness (QED) is 0.646. The smallest absolute Gasteiger partial charge is 0.262 e. The van der Waals surface area contributed by atoms with Gasteiger partial charge in [0.05, 0.1) is 7.11 Å². The second-order valence-electron chi connectivity index (χ2n) is 4.27. The number of ether oxygens (including phenoxy) is 1. The molecular weight excluding hydrogens is 294 g/mol. The summed E-state index contributed by atoms with van der Waals surface area (Å²) in [5.41, 5.74) is 0.794. The van der Waals surface area contributed by atoms with E-state index in [9.17, 15) is 9.90 Å². The Hall–Kier alpha value is -0.850. The van der Waals surface area contributed by atoms with Gasteiger partial charge < -0.3 is 9.84 Å². The summed E-state index contributed by atoms with van der Waals surface area (Å²) >= 11 is 3.20. The van der Waals surface area contributed by atoms with Gasteiger partial charge in [-0.1, -0.05) is 13.8 Å². The van der Waals surface area contributed by atoms with Gasteiger partial charge in [-0.25, -0.2) is 0 Å². The summed E-state index contributed by atoms with van der Waals surface area (Å²) in [6.45, 7) is 4.06. The van der Waals surface area contributed by atoms with Crippen molar-refractivity contribution in [2.45, 2.75) is 24.2 Å². The Labute approximate surface area is 127 Å². The molecule has 0 spiro atoms. The van der Waals surface area contributed by atoms with E-state index in [-0.39, 0.29) is 5.91 Å². The van der Waals surface area contributed by atoms with Crippen LogP contribution in [0.3, 0.4) is 0 Å². The first-order valence-corrected chi connectivity index (χ1v) is 8.52. The fourth-order valence-electron chi connectivity index (χ4n) is 2.27. The Kier molecular flexibility index (Phi) is 4.88. The number of thioether (sulfide) groups is 2. The van der Waals surface area contributed by atoms with E-state index in [1.54, 1.807) is 35.5 Å². The van der Waals surface area contributed by atoms with Gasteiger partial charge in [-0.2, -0.15) is 0 Å². The van der Waals surface area contributed by atoms with Gasteiger partial charge in [-0.15, -0.1) is 23.5 Å². The predicted molar refractivity (Wildman–Crippen MR) is 85.5 cm³/mol. The number of methoxy groups -OCH3 is 1. The molecule has 0 bridgehead atoms. The molecule has 0 saturated carbocycles. The van der Waals surface area contributed by atoms with Crippen LogP contribution in [0.15, 0.2) is 24.3 Å². The molecule has 110 valence electrons. The van der Waals surface area contributed by atoms with Crippen molar-refractivity contribution in [3.05, 3.63) is 24.3 Å². The molecule has 1 N–H and O–H groups in total. The fourth-order valence-corrected chi connectivity index (χ4v) is 5.30. The highest BCUT2D eigenvalue weighted by Gasteiger charge is 2.61. The third-order valence-electron chi connectivity index (χ3n) is 3.14. The number of amides is 1. The van der Waals surface area contributed by atoms with E-state index in [0.29, 0.717) is 0 Å². The molecule has 2 rings (SSSR count). The number of rotatable bonds is 6. The Bertz CT molecular complexity index is 472. The molecule has 1 aromatic carbocycles. The van der Waals surface area contributed by atoms with Crippen LogP contribution in [0.4, 0.5) is 5.69 Å². The minimum Gasteiger partial charge on any atom is -0.497 e. The topological polar surface area (TPSA) is 49.8 Å². The average Bonchev–Trinajstić information content (AvgIpc) is 2.48. The number of anilines is 1. The standard InChI is InChI=1S/C14H19NO3S2/c1-4-19-14(20-5-2)12(16)13(17)15(14)10-6-8-11(18-3)9-7-10/h6-9,12,16H,4-5H2,1-3H3/t12-/m1/s1. The van der Waals surface area contributed by atoms with Gasteiger partial charge in [0.2, 0.25) is 0 Å². The SMILES string of the molecule is CCSC1(SCC)[C@H](O)C(=O)N1c1ccc(OC)cc1. The summed E-state index contributed by atoms with van der Waals surface area (Å²) in [6.07, 6.45) is -0.945. The summed E-state index contributed by atoms with van der Waals surface area (Å²) in [4.78, 5) is 13.8. The third-order valence-corrected chi connectivity index (χ3v) is 6.07. The van der Waals surface area contributed by atoms with E-state index < -0.39 is 10.3 Å². The number of hydrogen-bond acceptors (Lipinski definition) is 5. The molecule has 0 radical (unpaired) electrons. The Morgan fingerprint density at radius 3 is 2.25 bits per heavy atom. The van der Waals surface area contributed by atoms with Crippen LogP contribution < -0.4 is 9.64 Å². The number of hydrogen-bond donors (Lipinski definition) is 1. The molecule has 4 nitrogen and oxygen atoms in total. The molecule has 1 saturated heterocycles. The lowest BCUT2D eigenvalue weighted by atomic mass is 10.1. The van der Waals surface area contributed by atoms with Crippen molar-refractivity contribution in [1.29, 1.82) is 0 Å². The molecule has 1 aliphatic heterocycles. The number of β-lactam (4-membered cyclic amide) rings is 1. The van der Waals surface area contributed by atoms with Gasteiger partial charge in [-0.3, -0.25) is 9.69 Å². The number of carbonyl (C=O) groups is 1. The minimum absolute atomic E-state index is 0.239. The van der Waals surface area contributed by atoms with Crippen LogP contribution in [0.5, 0.6) is 5.75 Å². The highest BCUT2D eigenvalue weighted by atomic mass is 32.2. The van der Waals surface area contributed by atoms with Crippen LogP contribution >= 0.6 is 23.5 Å². The monoisotopic (exact) mass is 313 g/mol. The molecule has 20 heavy (non-hydrogen) atoms. The van der Waals surface area contributed by atoms with Crippen molar-refractivity contribution < 1.29 is 14.6 Å². The number of aliphatic hydroxyl groups is 1. The van der Waals surface area contributed by atoms with Crippen LogP contribution in [-0.2, 0) is 4.79 Å². The van der Waals surface area contributed by atoms with E-state index in [1.807, 2.05) is 38.1 Å². The van der Waals surface area contributed by atoms with Crippen molar-refractivity contribution in [2.75, 3.05) is 23.5 Å². The molecule has 0 aromatic heterocycles. The number of aliphatic hydroxyl groups excluding tert-OH is 1. The maximum absolute atomic E-state index is 12.1. The van der Waals surface area contributed by atoms with Gasteiger partial charge in [0.25, 0.3) is 5.91 Å². The van der Waals surface area contributed by atoms with Crippen LogP contribution in [0.25, 0.3) is 0 Å². The maximum Gasteiger partial charge on any atom is 0.262 e. The summed E-state index contributed by atoms with van der Waals surface area (Å²) in [5, 5.41) is 10.2. The number of nitrogens with zero attached hydrogens (tertiary/aromatic N) is 1. The summed E-state index contributed by atoms with van der Waals surface area (Å²) < 4.78 is 4.53. The maximum atomic E-state index is 12.1. The lowest BCUT2D eigenvalue weighted by Crippen LogP contribution is -2.71. The average molecular weight is 313 g/mol. The number of carbonyl (C=O) groups excluding carboxylic acids is 1. The van der Waals surface area contributed by atoms with E-state index >= 15 is 0 Å². The zero-order valence-corrected chi connectivity index (χ0v) is 13.5. The highest BCUT2D eigenvalue weighted by molar-refractivity contribution is 8.18. The van der Waals surface area contributed by atoms with Crippen molar-refractivity contribution in [3.63, 3.8) is 0 Å². The van der Waals surface area contributed by atoms with Gasteiger partial charge >= 0.3 is 0 Å². The first-order chi connectivity index (χ1) is 9.60. The Balaban J connectivity index is 2.33. The van der Waals surface area contributed by atoms with E-state index in [1.165, 1.54) is 0 Å². The molecular formula is C14H19NO3S2. The summed E-state index contributed by atoms with van der Waals surface area (Å²) in [5.74, 6) is 2.18. The van der Waals surface area contributed by atoms with Crippen LogP contribution in [0.1, 0.15) is 13.8 Å². The summed E-state index contributed by atoms with van der Waals surface area (Å²) in [7, 11) is 1.61. The molecule has 6 heteroatoms. The zero-order valence-electron chi connectivity index (χ0n) is 11.8. The van der Waals surface area contributed by atoms with E-state index in [2.05, 4.69) is 0 Å². The van der Waals surface area contributed by atoms with Crippen molar-refractivity contribution in [3.8, 4) is 5.75 Å². The normalized spacial score (nSPS) is 20.7. The molecule has 1 heterocycles.